The number of unbranched alkanes of at least 4 members (excludes halogenated alkanes) is 8. The summed E-state index contributed by atoms with van der Waals surface area (Å²) in [4.78, 5) is 27.6. The van der Waals surface area contributed by atoms with Gasteiger partial charge in [0, 0.05) is 6.42 Å². The summed E-state index contributed by atoms with van der Waals surface area (Å²) in [5, 5.41) is 8.86. The standard InChI is InChI=1S/C20H42NO8P/c1-5-6-7-8-9-10-11-12-13-14-20(22)26-17-19(29-23)18-28-30(24,25)27-16-15-21(2,3)4/h19H,5-18H2,1-4H3,(H-,23,24,25). The van der Waals surface area contributed by atoms with Crippen LogP contribution in [0.2, 0.25) is 0 Å². The molecule has 0 aromatic heterocycles. The number of rotatable bonds is 20. The monoisotopic (exact) mass is 455 g/mol. The molecule has 1 N–H and O–H groups in total. The molecular weight excluding hydrogens is 413 g/mol. The molecule has 0 radical (unpaired) electrons. The Morgan fingerprint density at radius 3 is 2.07 bits per heavy atom. The van der Waals surface area contributed by atoms with Crippen molar-refractivity contribution in [3.63, 3.8) is 0 Å². The lowest BCUT2D eigenvalue weighted by Crippen LogP contribution is -2.37. The number of hydrogen-bond acceptors (Lipinski definition) is 8. The molecule has 0 amide bonds. The number of carbonyl (C=O) groups is 1. The van der Waals surface area contributed by atoms with Crippen LogP contribution in [0.5, 0.6) is 0 Å². The molecular formula is C20H42NO8P. The van der Waals surface area contributed by atoms with Crippen molar-refractivity contribution in [2.45, 2.75) is 77.2 Å². The number of phosphoric ester groups is 1. The first-order chi connectivity index (χ1) is 14.1. The maximum absolute atomic E-state index is 11.8. The van der Waals surface area contributed by atoms with Crippen LogP contribution in [0.15, 0.2) is 0 Å². The van der Waals surface area contributed by atoms with Gasteiger partial charge in [0.25, 0.3) is 7.82 Å². The second-order valence-electron chi connectivity index (χ2n) is 8.58. The molecule has 0 aliphatic rings. The van der Waals surface area contributed by atoms with Gasteiger partial charge in [-0.3, -0.25) is 14.6 Å². The van der Waals surface area contributed by atoms with E-state index in [0.717, 1.165) is 19.3 Å². The second-order valence-corrected chi connectivity index (χ2v) is 9.99. The van der Waals surface area contributed by atoms with Crippen LogP contribution in [0.3, 0.4) is 0 Å². The van der Waals surface area contributed by atoms with Crippen molar-refractivity contribution in [3.8, 4) is 0 Å². The summed E-state index contributed by atoms with van der Waals surface area (Å²) in [5.74, 6) is -0.413. The molecule has 30 heavy (non-hydrogen) atoms. The van der Waals surface area contributed by atoms with Crippen molar-refractivity contribution in [1.29, 1.82) is 0 Å². The van der Waals surface area contributed by atoms with Gasteiger partial charge in [0.05, 0.1) is 27.7 Å². The van der Waals surface area contributed by atoms with E-state index in [1.54, 1.807) is 0 Å². The zero-order valence-electron chi connectivity index (χ0n) is 19.2. The number of likely N-dealkylation sites (N-methyl/N-ethyl adjacent to an activating group) is 1. The summed E-state index contributed by atoms with van der Waals surface area (Å²) < 4.78 is 26.7. The van der Waals surface area contributed by atoms with Gasteiger partial charge < -0.3 is 23.2 Å². The fourth-order valence-electron chi connectivity index (χ4n) is 2.59. The average molecular weight is 456 g/mol. The quantitative estimate of drug-likeness (QED) is 0.0741. The van der Waals surface area contributed by atoms with Crippen LogP contribution >= 0.6 is 7.82 Å². The van der Waals surface area contributed by atoms with E-state index in [-0.39, 0.29) is 19.6 Å². The highest BCUT2D eigenvalue weighted by Gasteiger charge is 2.19. The van der Waals surface area contributed by atoms with E-state index in [1.165, 1.54) is 38.5 Å². The lowest BCUT2D eigenvalue weighted by atomic mass is 10.1. The third-order valence-corrected chi connectivity index (χ3v) is 5.46. The van der Waals surface area contributed by atoms with Gasteiger partial charge in [0.2, 0.25) is 0 Å². The van der Waals surface area contributed by atoms with Crippen molar-refractivity contribution in [2.24, 2.45) is 0 Å². The fraction of sp³-hybridized carbons (Fsp3) is 0.950. The topological polar surface area (TPSA) is 114 Å². The zero-order chi connectivity index (χ0) is 22.9. The average Bonchev–Trinajstić information content (AvgIpc) is 2.65. The molecule has 0 saturated heterocycles. The highest BCUT2D eigenvalue weighted by Crippen LogP contribution is 2.38. The molecule has 0 aliphatic carbocycles. The molecule has 0 fully saturated rings. The summed E-state index contributed by atoms with van der Waals surface area (Å²) in [6.45, 7) is 1.85. The number of quaternary nitrogens is 1. The number of hydrogen-bond donors (Lipinski definition) is 1. The van der Waals surface area contributed by atoms with Crippen LogP contribution in [0, 0.1) is 0 Å². The van der Waals surface area contributed by atoms with Gasteiger partial charge in [-0.05, 0) is 6.42 Å². The summed E-state index contributed by atoms with van der Waals surface area (Å²) >= 11 is 0. The van der Waals surface area contributed by atoms with E-state index in [9.17, 15) is 14.3 Å². The van der Waals surface area contributed by atoms with Gasteiger partial charge in [-0.2, -0.15) is 0 Å². The lowest BCUT2D eigenvalue weighted by Gasteiger charge is -2.27. The smallest absolute Gasteiger partial charge is 0.305 e. The third kappa shape index (κ3) is 19.4. The van der Waals surface area contributed by atoms with Gasteiger partial charge in [-0.25, -0.2) is 4.89 Å². The fourth-order valence-corrected chi connectivity index (χ4v) is 3.31. The third-order valence-electron chi connectivity index (χ3n) is 4.49. The van der Waals surface area contributed by atoms with E-state index < -0.39 is 26.5 Å². The molecule has 0 heterocycles. The Morgan fingerprint density at radius 1 is 0.967 bits per heavy atom. The Morgan fingerprint density at radius 2 is 1.53 bits per heavy atom. The van der Waals surface area contributed by atoms with Crippen LogP contribution in [0.1, 0.15) is 71.1 Å². The van der Waals surface area contributed by atoms with E-state index in [2.05, 4.69) is 16.3 Å². The normalized spacial score (nSPS) is 15.0. The Bertz CT molecular complexity index is 484. The van der Waals surface area contributed by atoms with E-state index in [4.69, 9.17) is 14.5 Å². The molecule has 0 saturated carbocycles. The second kappa shape index (κ2) is 17.1. The summed E-state index contributed by atoms with van der Waals surface area (Å²) in [7, 11) is 1.18. The summed E-state index contributed by atoms with van der Waals surface area (Å²) in [6, 6.07) is 0. The van der Waals surface area contributed by atoms with E-state index >= 15 is 0 Å². The largest absolute Gasteiger partial charge is 0.756 e. The Hall–Kier alpha value is -0.540. The molecule has 9 nitrogen and oxygen atoms in total. The first-order valence-electron chi connectivity index (χ1n) is 11.0. The highest BCUT2D eigenvalue weighted by molar-refractivity contribution is 7.45. The molecule has 2 unspecified atom stereocenters. The summed E-state index contributed by atoms with van der Waals surface area (Å²) in [6.07, 6.45) is 9.52. The number of ether oxygens (including phenoxy) is 1. The molecule has 0 rings (SSSR count). The van der Waals surface area contributed by atoms with Crippen LogP contribution in [0.25, 0.3) is 0 Å². The van der Waals surface area contributed by atoms with Crippen molar-refractivity contribution < 1.29 is 42.7 Å². The van der Waals surface area contributed by atoms with Crippen LogP contribution in [-0.2, 0) is 28.0 Å². The van der Waals surface area contributed by atoms with E-state index in [0.29, 0.717) is 11.0 Å². The molecule has 10 heteroatoms. The predicted octanol–water partition coefficient (Wildman–Crippen LogP) is 3.52. The lowest BCUT2D eigenvalue weighted by molar-refractivity contribution is -0.870. The zero-order valence-corrected chi connectivity index (χ0v) is 20.1. The SMILES string of the molecule is CCCCCCCCCCCC(=O)OCC(COP(=O)([O-])OCC[N+](C)(C)C)OO. The van der Waals surface area contributed by atoms with Gasteiger partial charge in [0.1, 0.15) is 19.8 Å². The van der Waals surface area contributed by atoms with Crippen molar-refractivity contribution in [2.75, 3.05) is 47.5 Å². The minimum absolute atomic E-state index is 0.0251. The minimum atomic E-state index is -4.52. The molecule has 0 aromatic carbocycles. The Labute approximate surface area is 181 Å². The Kier molecular flexibility index (Phi) is 16.8. The van der Waals surface area contributed by atoms with Crippen LogP contribution < -0.4 is 4.89 Å². The number of carbonyl (C=O) groups excluding carboxylic acids is 1. The van der Waals surface area contributed by atoms with Crippen LogP contribution in [-0.4, -0.2) is 69.3 Å². The van der Waals surface area contributed by atoms with Gasteiger partial charge in [-0.1, -0.05) is 58.3 Å². The highest BCUT2D eigenvalue weighted by atomic mass is 31.2. The molecule has 0 spiro atoms. The van der Waals surface area contributed by atoms with Crippen molar-refractivity contribution >= 4 is 13.8 Å². The van der Waals surface area contributed by atoms with Gasteiger partial charge in [-0.15, -0.1) is 0 Å². The predicted molar refractivity (Wildman–Crippen MR) is 113 cm³/mol. The Balaban J connectivity index is 3.84. The van der Waals surface area contributed by atoms with Gasteiger partial charge >= 0.3 is 5.97 Å². The minimum Gasteiger partial charge on any atom is -0.756 e. The first-order valence-corrected chi connectivity index (χ1v) is 12.4. The number of nitrogens with zero attached hydrogens (tertiary/aromatic N) is 1. The summed E-state index contributed by atoms with van der Waals surface area (Å²) in [5.41, 5.74) is 0. The maximum Gasteiger partial charge on any atom is 0.305 e. The first kappa shape index (κ1) is 29.5. The number of phosphoric acid groups is 1. The molecule has 2 atom stereocenters. The van der Waals surface area contributed by atoms with Crippen LogP contribution in [0.4, 0.5) is 0 Å². The molecule has 0 bridgehead atoms. The van der Waals surface area contributed by atoms with Crippen molar-refractivity contribution in [1.82, 2.24) is 0 Å². The molecule has 0 aromatic rings. The molecule has 0 aliphatic heterocycles. The van der Waals surface area contributed by atoms with Gasteiger partial charge in [0.15, 0.2) is 6.10 Å². The van der Waals surface area contributed by atoms with Crippen molar-refractivity contribution in [3.05, 3.63) is 0 Å². The maximum atomic E-state index is 11.8. The number of esters is 1. The molecule has 180 valence electrons. The van der Waals surface area contributed by atoms with E-state index in [1.807, 2.05) is 21.1 Å².